The molecule has 2 amide bonds. The van der Waals surface area contributed by atoms with Crippen LogP contribution in [0.1, 0.15) is 53.2 Å². The van der Waals surface area contributed by atoms with E-state index in [0.717, 1.165) is 31.5 Å². The maximum atomic E-state index is 13.4. The summed E-state index contributed by atoms with van der Waals surface area (Å²) in [7, 11) is 0. The Hall–Kier alpha value is -3.88. The molecule has 2 aromatic rings. The highest BCUT2D eigenvalue weighted by Crippen LogP contribution is 2.25. The molecule has 1 aliphatic rings. The number of amidine groups is 1. The highest BCUT2D eigenvalue weighted by Gasteiger charge is 2.24. The second-order valence-electron chi connectivity index (χ2n) is 8.53. The summed E-state index contributed by atoms with van der Waals surface area (Å²) in [6.07, 6.45) is 1.82. The van der Waals surface area contributed by atoms with Crippen LogP contribution in [0, 0.1) is 12.3 Å². The van der Waals surface area contributed by atoms with E-state index in [9.17, 15) is 19.5 Å². The fourth-order valence-electron chi connectivity index (χ4n) is 4.13. The largest absolute Gasteiger partial charge is 0.508 e. The number of carbonyl (C=O) groups excluding carboxylic acids is 3. The zero-order valence-electron chi connectivity index (χ0n) is 20.2. The van der Waals surface area contributed by atoms with E-state index in [1.54, 1.807) is 25.1 Å². The number of nitrogen functional groups attached to an aromatic ring is 1. The van der Waals surface area contributed by atoms with Crippen molar-refractivity contribution >= 4 is 29.3 Å². The number of benzene rings is 2. The lowest BCUT2D eigenvalue weighted by molar-refractivity contribution is -0.142. The number of hydrogen-bond acceptors (Lipinski definition) is 6. The number of nitrogens with zero attached hydrogens (tertiary/aromatic N) is 2. The SMILES string of the molecule is CCOC(=O)CCN(C(=O)Cc1cc(C(=N)N)ccc1O)c1ccc(C(=O)N2CCCC2)c(C)c1. The summed E-state index contributed by atoms with van der Waals surface area (Å²) in [6.45, 7) is 5.34. The molecule has 186 valence electrons. The Morgan fingerprint density at radius 1 is 1.14 bits per heavy atom. The second-order valence-corrected chi connectivity index (χ2v) is 8.53. The predicted octanol–water partition coefficient (Wildman–Crippen LogP) is 2.75. The summed E-state index contributed by atoms with van der Waals surface area (Å²) in [5.74, 6) is -1.07. The highest BCUT2D eigenvalue weighted by molar-refractivity contribution is 5.99. The van der Waals surface area contributed by atoms with E-state index in [0.29, 0.717) is 22.4 Å². The fourth-order valence-corrected chi connectivity index (χ4v) is 4.13. The molecular weight excluding hydrogens is 448 g/mol. The van der Waals surface area contributed by atoms with E-state index in [-0.39, 0.29) is 49.4 Å². The van der Waals surface area contributed by atoms with E-state index in [1.807, 2.05) is 11.8 Å². The molecular formula is C26H32N4O5. The molecule has 1 saturated heterocycles. The van der Waals surface area contributed by atoms with Crippen LogP contribution in [0.3, 0.4) is 0 Å². The summed E-state index contributed by atoms with van der Waals surface area (Å²) in [5, 5.41) is 17.9. The van der Waals surface area contributed by atoms with Crippen LogP contribution in [0.4, 0.5) is 5.69 Å². The van der Waals surface area contributed by atoms with E-state index >= 15 is 0 Å². The van der Waals surface area contributed by atoms with Gasteiger partial charge in [0.05, 0.1) is 19.4 Å². The second kappa shape index (κ2) is 11.5. The normalized spacial score (nSPS) is 12.9. The third kappa shape index (κ3) is 6.38. The number of amides is 2. The van der Waals surface area contributed by atoms with Gasteiger partial charge in [-0.2, -0.15) is 0 Å². The number of hydrogen-bond donors (Lipinski definition) is 3. The number of rotatable bonds is 9. The van der Waals surface area contributed by atoms with Crippen molar-refractivity contribution in [3.05, 3.63) is 58.7 Å². The van der Waals surface area contributed by atoms with Crippen molar-refractivity contribution < 1.29 is 24.2 Å². The Morgan fingerprint density at radius 2 is 1.86 bits per heavy atom. The molecule has 1 fully saturated rings. The van der Waals surface area contributed by atoms with Gasteiger partial charge in [0.1, 0.15) is 11.6 Å². The smallest absolute Gasteiger partial charge is 0.307 e. The molecule has 0 atom stereocenters. The van der Waals surface area contributed by atoms with Crippen LogP contribution >= 0.6 is 0 Å². The number of phenolic OH excluding ortho intramolecular Hbond substituents is 1. The van der Waals surface area contributed by atoms with Crippen molar-refractivity contribution in [3.63, 3.8) is 0 Å². The Kier molecular flexibility index (Phi) is 8.46. The minimum Gasteiger partial charge on any atom is -0.508 e. The summed E-state index contributed by atoms with van der Waals surface area (Å²) >= 11 is 0. The van der Waals surface area contributed by atoms with Crippen LogP contribution in [0.15, 0.2) is 36.4 Å². The molecule has 9 nitrogen and oxygen atoms in total. The minimum absolute atomic E-state index is 0.00739. The molecule has 0 spiro atoms. The highest BCUT2D eigenvalue weighted by atomic mass is 16.5. The number of esters is 1. The monoisotopic (exact) mass is 480 g/mol. The van der Waals surface area contributed by atoms with Gasteiger partial charge in [-0.05, 0) is 68.7 Å². The zero-order chi connectivity index (χ0) is 25.5. The van der Waals surface area contributed by atoms with E-state index in [1.165, 1.54) is 23.1 Å². The fraction of sp³-hybridized carbons (Fsp3) is 0.385. The van der Waals surface area contributed by atoms with Crippen molar-refractivity contribution in [1.29, 1.82) is 5.41 Å². The number of likely N-dealkylation sites (tertiary alicyclic amines) is 1. The topological polar surface area (TPSA) is 137 Å². The lowest BCUT2D eigenvalue weighted by Crippen LogP contribution is -2.35. The number of phenols is 1. The molecule has 0 saturated carbocycles. The summed E-state index contributed by atoms with van der Waals surface area (Å²) in [5.41, 5.74) is 8.12. The average Bonchev–Trinajstić information content (AvgIpc) is 3.35. The molecule has 0 radical (unpaired) electrons. The molecule has 9 heteroatoms. The molecule has 3 rings (SSSR count). The number of carbonyl (C=O) groups is 3. The van der Waals surface area contributed by atoms with E-state index in [4.69, 9.17) is 15.9 Å². The number of aryl methyl sites for hydroxylation is 1. The third-order valence-corrected chi connectivity index (χ3v) is 6.02. The lowest BCUT2D eigenvalue weighted by atomic mass is 10.0. The van der Waals surface area contributed by atoms with Crippen LogP contribution in [0.25, 0.3) is 0 Å². The van der Waals surface area contributed by atoms with Crippen molar-refractivity contribution in [2.45, 2.75) is 39.5 Å². The Morgan fingerprint density at radius 3 is 2.49 bits per heavy atom. The number of anilines is 1. The van der Waals surface area contributed by atoms with Gasteiger partial charge < -0.3 is 25.4 Å². The summed E-state index contributed by atoms with van der Waals surface area (Å²) in [6, 6.07) is 9.57. The van der Waals surface area contributed by atoms with Gasteiger partial charge in [-0.25, -0.2) is 0 Å². The summed E-state index contributed by atoms with van der Waals surface area (Å²) in [4.78, 5) is 41.5. The van der Waals surface area contributed by atoms with Crippen LogP contribution in [0.2, 0.25) is 0 Å². The van der Waals surface area contributed by atoms with Gasteiger partial charge in [-0.3, -0.25) is 19.8 Å². The Labute approximate surface area is 205 Å². The molecule has 1 aliphatic heterocycles. The van der Waals surface area contributed by atoms with Gasteiger partial charge in [0.25, 0.3) is 5.91 Å². The maximum absolute atomic E-state index is 13.4. The standard InChI is InChI=1S/C26H32N4O5/c1-3-35-24(33)10-13-30(23(32)16-19-15-18(25(27)28)6-9-22(19)31)20-7-8-21(17(2)14-20)26(34)29-11-4-5-12-29/h6-9,14-15,31H,3-5,10-13,16H2,1-2H3,(H3,27,28). The quantitative estimate of drug-likeness (QED) is 0.287. The van der Waals surface area contributed by atoms with E-state index in [2.05, 4.69) is 0 Å². The number of ether oxygens (including phenoxy) is 1. The van der Waals surface area contributed by atoms with Crippen LogP contribution in [-0.4, -0.2) is 59.9 Å². The van der Waals surface area contributed by atoms with Crippen LogP contribution < -0.4 is 10.6 Å². The van der Waals surface area contributed by atoms with Crippen molar-refractivity contribution in [3.8, 4) is 5.75 Å². The lowest BCUT2D eigenvalue weighted by Gasteiger charge is -2.24. The number of aromatic hydroxyl groups is 1. The van der Waals surface area contributed by atoms with E-state index < -0.39 is 5.97 Å². The molecule has 0 aliphatic carbocycles. The zero-order valence-corrected chi connectivity index (χ0v) is 20.2. The van der Waals surface area contributed by atoms with Gasteiger partial charge in [0, 0.05) is 42.0 Å². The molecule has 2 aromatic carbocycles. The first kappa shape index (κ1) is 25.7. The predicted molar refractivity (Wildman–Crippen MR) is 133 cm³/mol. The minimum atomic E-state index is -0.427. The van der Waals surface area contributed by atoms with Gasteiger partial charge in [0.15, 0.2) is 0 Å². The first-order valence-electron chi connectivity index (χ1n) is 11.7. The molecule has 0 unspecified atom stereocenters. The maximum Gasteiger partial charge on any atom is 0.307 e. The molecule has 1 heterocycles. The van der Waals surface area contributed by atoms with Crippen molar-refractivity contribution in [2.24, 2.45) is 5.73 Å². The Bertz CT molecular complexity index is 1120. The number of nitrogens with two attached hydrogens (primary N) is 1. The van der Waals surface area contributed by atoms with Gasteiger partial charge in [-0.15, -0.1) is 0 Å². The first-order valence-corrected chi connectivity index (χ1v) is 11.7. The molecule has 0 bridgehead atoms. The van der Waals surface area contributed by atoms with Gasteiger partial charge >= 0.3 is 5.97 Å². The number of nitrogens with one attached hydrogen (secondary N) is 1. The molecule has 35 heavy (non-hydrogen) atoms. The van der Waals surface area contributed by atoms with Crippen molar-refractivity contribution in [1.82, 2.24) is 4.90 Å². The first-order chi connectivity index (χ1) is 16.7. The molecule has 0 aromatic heterocycles. The van der Waals surface area contributed by atoms with Gasteiger partial charge in [0.2, 0.25) is 5.91 Å². The summed E-state index contributed by atoms with van der Waals surface area (Å²) < 4.78 is 5.01. The Balaban J connectivity index is 1.87. The van der Waals surface area contributed by atoms with Crippen LogP contribution in [-0.2, 0) is 20.7 Å². The van der Waals surface area contributed by atoms with Gasteiger partial charge in [-0.1, -0.05) is 0 Å². The average molecular weight is 481 g/mol. The third-order valence-electron chi connectivity index (χ3n) is 6.02. The van der Waals surface area contributed by atoms with Crippen molar-refractivity contribution in [2.75, 3.05) is 31.1 Å². The van der Waals surface area contributed by atoms with Crippen LogP contribution in [0.5, 0.6) is 5.75 Å². The molecule has 4 N–H and O–H groups in total.